The van der Waals surface area contributed by atoms with Crippen LogP contribution >= 0.6 is 0 Å². The maximum absolute atomic E-state index is 13.0. The second kappa shape index (κ2) is 9.11. The van der Waals surface area contributed by atoms with Gasteiger partial charge in [-0.05, 0) is 45.0 Å². The number of hydrogen-bond acceptors (Lipinski definition) is 3. The summed E-state index contributed by atoms with van der Waals surface area (Å²) in [5.41, 5.74) is 0.919. The highest BCUT2D eigenvalue weighted by Gasteiger charge is 2.22. The Balaban J connectivity index is 2.73. The van der Waals surface area contributed by atoms with Gasteiger partial charge >= 0.3 is 0 Å². The van der Waals surface area contributed by atoms with Gasteiger partial charge in [0.25, 0.3) is 0 Å². The van der Waals surface area contributed by atoms with E-state index in [1.54, 1.807) is 6.07 Å². The minimum atomic E-state index is -0.282. The first-order chi connectivity index (χ1) is 9.99. The molecule has 1 rings (SSSR count). The average molecular weight is 295 g/mol. The normalized spacial score (nSPS) is 16.0. The summed E-state index contributed by atoms with van der Waals surface area (Å²) in [7, 11) is 2.18. The Kier molecular flexibility index (Phi) is 7.83. The minimum absolute atomic E-state index is 0.159. The Morgan fingerprint density at radius 3 is 2.52 bits per heavy atom. The third-order valence-electron chi connectivity index (χ3n) is 4.10. The van der Waals surface area contributed by atoms with Crippen molar-refractivity contribution in [1.29, 1.82) is 0 Å². The van der Waals surface area contributed by atoms with Crippen molar-refractivity contribution in [2.24, 2.45) is 5.92 Å². The van der Waals surface area contributed by atoms with Gasteiger partial charge in [0.1, 0.15) is 5.82 Å². The van der Waals surface area contributed by atoms with Crippen LogP contribution in [0.5, 0.6) is 0 Å². The molecule has 0 aliphatic rings. The van der Waals surface area contributed by atoms with E-state index in [1.807, 2.05) is 0 Å². The maximum Gasteiger partial charge on any atom is 0.141 e. The molecule has 0 amide bonds. The van der Waals surface area contributed by atoms with E-state index in [2.05, 4.69) is 49.9 Å². The first kappa shape index (κ1) is 18.1. The molecule has 3 atom stereocenters. The van der Waals surface area contributed by atoms with Crippen molar-refractivity contribution in [2.75, 3.05) is 20.1 Å². The highest BCUT2D eigenvalue weighted by Crippen LogP contribution is 2.22. The third-order valence-corrected chi connectivity index (χ3v) is 4.10. The highest BCUT2D eigenvalue weighted by atomic mass is 19.1. The summed E-state index contributed by atoms with van der Waals surface area (Å²) in [6.07, 6.45) is 3.72. The fraction of sp³-hybridized carbons (Fsp3) is 0.706. The molecule has 1 aromatic heterocycles. The van der Waals surface area contributed by atoms with E-state index in [4.69, 9.17) is 0 Å². The number of hydrogen-bond donors (Lipinski definition) is 1. The zero-order chi connectivity index (χ0) is 15.8. The second-order valence-electron chi connectivity index (χ2n) is 5.99. The molecular weight excluding hydrogens is 265 g/mol. The van der Waals surface area contributed by atoms with Gasteiger partial charge in [-0.25, -0.2) is 4.39 Å². The number of halogens is 1. The van der Waals surface area contributed by atoms with Crippen molar-refractivity contribution in [2.45, 2.75) is 52.6 Å². The number of pyridine rings is 1. The van der Waals surface area contributed by atoms with Crippen LogP contribution in [0, 0.1) is 11.7 Å². The van der Waals surface area contributed by atoms with Gasteiger partial charge in [-0.1, -0.05) is 27.2 Å². The minimum Gasteiger partial charge on any atom is -0.309 e. The lowest BCUT2D eigenvalue weighted by atomic mass is 9.96. The summed E-state index contributed by atoms with van der Waals surface area (Å²) in [4.78, 5) is 6.66. The SMILES string of the molecule is CCCC(C)N(C)CC(C)C(NCC)c1ccc(F)cn1. The van der Waals surface area contributed by atoms with E-state index in [9.17, 15) is 4.39 Å². The Morgan fingerprint density at radius 2 is 2.00 bits per heavy atom. The van der Waals surface area contributed by atoms with Crippen LogP contribution in [-0.2, 0) is 0 Å². The van der Waals surface area contributed by atoms with E-state index in [1.165, 1.54) is 25.1 Å². The monoisotopic (exact) mass is 295 g/mol. The Labute approximate surface area is 129 Å². The van der Waals surface area contributed by atoms with Gasteiger partial charge in [0.05, 0.1) is 17.9 Å². The molecule has 3 nitrogen and oxygen atoms in total. The topological polar surface area (TPSA) is 28.2 Å². The molecule has 21 heavy (non-hydrogen) atoms. The predicted octanol–water partition coefficient (Wildman–Crippen LogP) is 3.63. The maximum atomic E-state index is 13.0. The number of nitrogens with one attached hydrogen (secondary N) is 1. The molecule has 1 heterocycles. The Morgan fingerprint density at radius 1 is 1.29 bits per heavy atom. The van der Waals surface area contributed by atoms with Gasteiger partial charge in [0.15, 0.2) is 0 Å². The molecule has 0 bridgehead atoms. The standard InChI is InChI=1S/C17H30FN3/c1-6-8-14(4)21(5)12-13(3)17(19-7-2)16-10-9-15(18)11-20-16/h9-11,13-14,17,19H,6-8,12H2,1-5H3. The van der Waals surface area contributed by atoms with Gasteiger partial charge in [-0.3, -0.25) is 4.98 Å². The molecule has 0 saturated carbocycles. The lowest BCUT2D eigenvalue weighted by Gasteiger charge is -2.31. The molecule has 1 N–H and O–H groups in total. The molecule has 0 spiro atoms. The van der Waals surface area contributed by atoms with Crippen molar-refractivity contribution in [3.8, 4) is 0 Å². The van der Waals surface area contributed by atoms with Crippen LogP contribution in [0.2, 0.25) is 0 Å². The van der Waals surface area contributed by atoms with E-state index >= 15 is 0 Å². The molecule has 1 aromatic rings. The van der Waals surface area contributed by atoms with E-state index in [-0.39, 0.29) is 11.9 Å². The highest BCUT2D eigenvalue weighted by molar-refractivity contribution is 5.11. The summed E-state index contributed by atoms with van der Waals surface area (Å²) in [5, 5.41) is 3.48. The Hall–Kier alpha value is -1.00. The van der Waals surface area contributed by atoms with Gasteiger partial charge in [0, 0.05) is 12.6 Å². The molecule has 0 aliphatic heterocycles. The molecule has 4 heteroatoms. The van der Waals surface area contributed by atoms with Gasteiger partial charge in [-0.15, -0.1) is 0 Å². The summed E-state index contributed by atoms with van der Waals surface area (Å²) in [6.45, 7) is 10.7. The van der Waals surface area contributed by atoms with Crippen molar-refractivity contribution in [3.63, 3.8) is 0 Å². The Bertz CT molecular complexity index is 394. The van der Waals surface area contributed by atoms with Crippen LogP contribution in [-0.4, -0.2) is 36.1 Å². The molecule has 3 unspecified atom stereocenters. The lowest BCUT2D eigenvalue weighted by Crippen LogP contribution is -2.38. The van der Waals surface area contributed by atoms with Crippen LogP contribution < -0.4 is 5.32 Å². The first-order valence-electron chi connectivity index (χ1n) is 8.04. The fourth-order valence-corrected chi connectivity index (χ4v) is 2.77. The first-order valence-corrected chi connectivity index (χ1v) is 8.04. The summed E-state index contributed by atoms with van der Waals surface area (Å²) in [6, 6.07) is 4.02. The van der Waals surface area contributed by atoms with Crippen molar-refractivity contribution < 1.29 is 4.39 Å². The predicted molar refractivity (Wildman–Crippen MR) is 86.8 cm³/mol. The van der Waals surface area contributed by atoms with Crippen molar-refractivity contribution in [1.82, 2.24) is 15.2 Å². The summed E-state index contributed by atoms with van der Waals surface area (Å²) >= 11 is 0. The number of aromatic nitrogens is 1. The largest absolute Gasteiger partial charge is 0.309 e. The zero-order valence-electron chi connectivity index (χ0n) is 14.1. The lowest BCUT2D eigenvalue weighted by molar-refractivity contribution is 0.191. The van der Waals surface area contributed by atoms with E-state index in [0.29, 0.717) is 12.0 Å². The molecule has 0 fully saturated rings. The molecule has 0 radical (unpaired) electrons. The van der Waals surface area contributed by atoms with E-state index in [0.717, 1.165) is 18.8 Å². The molecular formula is C17H30FN3. The fourth-order valence-electron chi connectivity index (χ4n) is 2.77. The average Bonchev–Trinajstić information content (AvgIpc) is 2.46. The molecule has 0 aromatic carbocycles. The molecule has 0 aliphatic carbocycles. The van der Waals surface area contributed by atoms with Gasteiger partial charge in [0.2, 0.25) is 0 Å². The third kappa shape index (κ3) is 5.71. The van der Waals surface area contributed by atoms with Crippen LogP contribution in [0.4, 0.5) is 4.39 Å². The summed E-state index contributed by atoms with van der Waals surface area (Å²) in [5.74, 6) is 0.127. The number of nitrogens with zero attached hydrogens (tertiary/aromatic N) is 2. The van der Waals surface area contributed by atoms with Crippen LogP contribution in [0.15, 0.2) is 18.3 Å². The smallest absolute Gasteiger partial charge is 0.141 e. The van der Waals surface area contributed by atoms with Crippen LogP contribution in [0.25, 0.3) is 0 Å². The zero-order valence-corrected chi connectivity index (χ0v) is 14.1. The summed E-state index contributed by atoms with van der Waals surface area (Å²) < 4.78 is 13.0. The van der Waals surface area contributed by atoms with Crippen LogP contribution in [0.1, 0.15) is 52.3 Å². The van der Waals surface area contributed by atoms with Crippen molar-refractivity contribution >= 4 is 0 Å². The molecule has 120 valence electrons. The van der Waals surface area contributed by atoms with E-state index < -0.39 is 0 Å². The van der Waals surface area contributed by atoms with Gasteiger partial charge < -0.3 is 10.2 Å². The van der Waals surface area contributed by atoms with Crippen LogP contribution in [0.3, 0.4) is 0 Å². The van der Waals surface area contributed by atoms with Crippen molar-refractivity contribution in [3.05, 3.63) is 29.8 Å². The quantitative estimate of drug-likeness (QED) is 0.754. The number of rotatable bonds is 9. The second-order valence-corrected chi connectivity index (χ2v) is 5.99. The van der Waals surface area contributed by atoms with Gasteiger partial charge in [-0.2, -0.15) is 0 Å². The molecule has 0 saturated heterocycles.